The average Bonchev–Trinajstić information content (AvgIpc) is 3.14. The maximum Gasteiger partial charge on any atom is 0.241 e. The molecule has 0 aliphatic carbocycles. The van der Waals surface area contributed by atoms with E-state index in [2.05, 4.69) is 4.72 Å². The van der Waals surface area contributed by atoms with Crippen LogP contribution in [0, 0.1) is 5.82 Å². The van der Waals surface area contributed by atoms with Gasteiger partial charge in [-0.2, -0.15) is 4.72 Å². The summed E-state index contributed by atoms with van der Waals surface area (Å²) >= 11 is 1.36. The Morgan fingerprint density at radius 3 is 2.00 bits per heavy atom. The molecule has 2 aromatic carbocycles. The number of sulfonamides is 2. The van der Waals surface area contributed by atoms with Crippen molar-refractivity contribution < 1.29 is 21.2 Å². The summed E-state index contributed by atoms with van der Waals surface area (Å²) in [5, 5.41) is 6.83. The average molecular weight is 427 g/mol. The molecular formula is C17H15FN2O4S3. The van der Waals surface area contributed by atoms with Gasteiger partial charge in [0.1, 0.15) is 5.82 Å². The van der Waals surface area contributed by atoms with Gasteiger partial charge in [-0.1, -0.05) is 18.2 Å². The van der Waals surface area contributed by atoms with Gasteiger partial charge < -0.3 is 0 Å². The van der Waals surface area contributed by atoms with Crippen molar-refractivity contribution in [3.8, 4) is 0 Å². The quantitative estimate of drug-likeness (QED) is 0.632. The first-order valence-corrected chi connectivity index (χ1v) is 11.5. The minimum Gasteiger partial charge on any atom is -0.225 e. The third-order valence-corrected chi connectivity index (χ3v) is 7.07. The zero-order valence-electron chi connectivity index (χ0n) is 13.7. The maximum atomic E-state index is 13.2. The molecule has 3 N–H and O–H groups in total. The standard InChI is InChI=1S/C17H15FN2O4S3/c18-13-5-3-12(4-6-13)17(16-2-1-11-25-16)20-27(23,24)15-9-7-14(8-10-15)26(19,21)22/h1-11,17,20H,(H2,19,21,22)/t17-/m1/s1. The first kappa shape index (κ1) is 19.6. The van der Waals surface area contributed by atoms with E-state index < -0.39 is 31.9 Å². The number of halogens is 1. The van der Waals surface area contributed by atoms with Crippen molar-refractivity contribution in [1.29, 1.82) is 0 Å². The van der Waals surface area contributed by atoms with Crippen LogP contribution in [0.2, 0.25) is 0 Å². The van der Waals surface area contributed by atoms with Crippen molar-refractivity contribution in [1.82, 2.24) is 4.72 Å². The summed E-state index contributed by atoms with van der Waals surface area (Å²) in [4.78, 5) is 0.430. The van der Waals surface area contributed by atoms with Gasteiger partial charge in [-0.25, -0.2) is 26.4 Å². The molecule has 0 saturated heterocycles. The fraction of sp³-hybridized carbons (Fsp3) is 0.0588. The largest absolute Gasteiger partial charge is 0.241 e. The molecule has 1 heterocycles. The summed E-state index contributed by atoms with van der Waals surface area (Å²) in [6.07, 6.45) is 0. The predicted octanol–water partition coefficient (Wildman–Crippen LogP) is 2.60. The molecule has 0 spiro atoms. The third kappa shape index (κ3) is 4.60. The predicted molar refractivity (Wildman–Crippen MR) is 101 cm³/mol. The Bertz CT molecular complexity index is 1130. The number of hydrogen-bond acceptors (Lipinski definition) is 5. The molecule has 3 rings (SSSR count). The Kier molecular flexibility index (Phi) is 5.45. The number of thiophene rings is 1. The summed E-state index contributed by atoms with van der Waals surface area (Å²) < 4.78 is 64.0. The smallest absolute Gasteiger partial charge is 0.225 e. The van der Waals surface area contributed by atoms with Crippen LogP contribution < -0.4 is 9.86 Å². The van der Waals surface area contributed by atoms with Gasteiger partial charge in [0.05, 0.1) is 15.8 Å². The Hall–Kier alpha value is -2.11. The molecule has 0 amide bonds. The second-order valence-electron chi connectivity index (χ2n) is 5.64. The minimum atomic E-state index is -3.98. The summed E-state index contributed by atoms with van der Waals surface area (Å²) in [5.41, 5.74) is 0.573. The fourth-order valence-electron chi connectivity index (χ4n) is 2.43. The van der Waals surface area contributed by atoms with Crippen LogP contribution in [0.15, 0.2) is 75.8 Å². The highest BCUT2D eigenvalue weighted by Crippen LogP contribution is 2.28. The van der Waals surface area contributed by atoms with E-state index in [1.165, 1.54) is 35.6 Å². The highest BCUT2D eigenvalue weighted by molar-refractivity contribution is 7.89. The Morgan fingerprint density at radius 2 is 1.48 bits per heavy atom. The molecule has 1 atom stereocenters. The Labute approximate surface area is 160 Å². The number of rotatable bonds is 6. The molecule has 0 fully saturated rings. The number of benzene rings is 2. The molecule has 0 aliphatic rings. The van der Waals surface area contributed by atoms with Crippen molar-refractivity contribution in [3.05, 3.63) is 82.3 Å². The lowest BCUT2D eigenvalue weighted by Gasteiger charge is -2.18. The monoisotopic (exact) mass is 426 g/mol. The molecule has 6 nitrogen and oxygen atoms in total. The molecular weight excluding hydrogens is 411 g/mol. The van der Waals surface area contributed by atoms with E-state index in [0.717, 1.165) is 29.1 Å². The van der Waals surface area contributed by atoms with Crippen LogP contribution in [0.25, 0.3) is 0 Å². The van der Waals surface area contributed by atoms with Gasteiger partial charge >= 0.3 is 0 Å². The van der Waals surface area contributed by atoms with Gasteiger partial charge in [0.15, 0.2) is 0 Å². The van der Waals surface area contributed by atoms with E-state index in [4.69, 9.17) is 5.14 Å². The van der Waals surface area contributed by atoms with E-state index in [-0.39, 0.29) is 9.79 Å². The zero-order valence-corrected chi connectivity index (χ0v) is 16.2. The van der Waals surface area contributed by atoms with Crippen LogP contribution in [0.4, 0.5) is 4.39 Å². The summed E-state index contributed by atoms with van der Waals surface area (Å²) in [6.45, 7) is 0. The number of nitrogens with one attached hydrogen (secondary N) is 1. The summed E-state index contributed by atoms with van der Waals surface area (Å²) in [6, 6.07) is 12.9. The molecule has 3 aromatic rings. The van der Waals surface area contributed by atoms with Crippen molar-refractivity contribution >= 4 is 31.4 Å². The normalized spacial score (nSPS) is 13.4. The van der Waals surface area contributed by atoms with Crippen LogP contribution in [0.1, 0.15) is 16.5 Å². The molecule has 142 valence electrons. The van der Waals surface area contributed by atoms with Crippen LogP contribution >= 0.6 is 11.3 Å². The molecule has 0 aliphatic heterocycles. The molecule has 1 aromatic heterocycles. The fourth-order valence-corrected chi connectivity index (χ4v) is 5.03. The Morgan fingerprint density at radius 1 is 0.889 bits per heavy atom. The lowest BCUT2D eigenvalue weighted by Crippen LogP contribution is -2.29. The van der Waals surface area contributed by atoms with E-state index in [0.29, 0.717) is 5.56 Å². The van der Waals surface area contributed by atoms with Crippen LogP contribution in [-0.2, 0) is 20.0 Å². The van der Waals surface area contributed by atoms with E-state index >= 15 is 0 Å². The van der Waals surface area contributed by atoms with Crippen molar-refractivity contribution in [3.63, 3.8) is 0 Å². The maximum absolute atomic E-state index is 13.2. The number of hydrogen-bond donors (Lipinski definition) is 2. The Balaban J connectivity index is 1.96. The van der Waals surface area contributed by atoms with Crippen molar-refractivity contribution in [2.24, 2.45) is 5.14 Å². The zero-order chi connectivity index (χ0) is 19.7. The van der Waals surface area contributed by atoms with E-state index in [1.807, 2.05) is 0 Å². The lowest BCUT2D eigenvalue weighted by molar-refractivity contribution is 0.572. The van der Waals surface area contributed by atoms with Gasteiger partial charge in [0.2, 0.25) is 20.0 Å². The summed E-state index contributed by atoms with van der Waals surface area (Å²) in [5.74, 6) is -0.426. The first-order chi connectivity index (χ1) is 12.7. The summed E-state index contributed by atoms with van der Waals surface area (Å²) in [7, 11) is -7.90. The highest BCUT2D eigenvalue weighted by atomic mass is 32.2. The topological polar surface area (TPSA) is 106 Å². The lowest BCUT2D eigenvalue weighted by atomic mass is 10.1. The van der Waals surface area contributed by atoms with Gasteiger partial charge in [-0.15, -0.1) is 11.3 Å². The van der Waals surface area contributed by atoms with Gasteiger partial charge in [0, 0.05) is 4.88 Å². The van der Waals surface area contributed by atoms with Crippen LogP contribution in [0.5, 0.6) is 0 Å². The van der Waals surface area contributed by atoms with Gasteiger partial charge in [-0.3, -0.25) is 0 Å². The molecule has 0 unspecified atom stereocenters. The second-order valence-corrected chi connectivity index (χ2v) is 9.89. The van der Waals surface area contributed by atoms with Crippen LogP contribution in [0.3, 0.4) is 0 Å². The van der Waals surface area contributed by atoms with E-state index in [1.54, 1.807) is 17.5 Å². The molecule has 27 heavy (non-hydrogen) atoms. The molecule has 0 bridgehead atoms. The van der Waals surface area contributed by atoms with Crippen molar-refractivity contribution in [2.45, 2.75) is 15.8 Å². The van der Waals surface area contributed by atoms with Gasteiger partial charge in [0.25, 0.3) is 0 Å². The second kappa shape index (κ2) is 7.49. The van der Waals surface area contributed by atoms with E-state index in [9.17, 15) is 21.2 Å². The SMILES string of the molecule is NS(=O)(=O)c1ccc(S(=O)(=O)N[C@H](c2ccc(F)cc2)c2cccs2)cc1. The van der Waals surface area contributed by atoms with Crippen molar-refractivity contribution in [2.75, 3.05) is 0 Å². The highest BCUT2D eigenvalue weighted by Gasteiger charge is 2.24. The molecule has 10 heteroatoms. The minimum absolute atomic E-state index is 0.112. The van der Waals surface area contributed by atoms with Gasteiger partial charge in [-0.05, 0) is 53.4 Å². The number of primary sulfonamides is 1. The molecule has 0 saturated carbocycles. The first-order valence-electron chi connectivity index (χ1n) is 7.61. The molecule has 0 radical (unpaired) electrons. The number of nitrogens with two attached hydrogens (primary N) is 1. The van der Waals surface area contributed by atoms with Crippen LogP contribution in [-0.4, -0.2) is 16.8 Å². The third-order valence-electron chi connectivity index (χ3n) is 3.77.